The molecule has 0 radical (unpaired) electrons. The second-order valence-corrected chi connectivity index (χ2v) is 4.46. The van der Waals surface area contributed by atoms with Crippen LogP contribution in [-0.2, 0) is 4.74 Å². The van der Waals surface area contributed by atoms with Crippen molar-refractivity contribution in [1.29, 1.82) is 0 Å². The third-order valence-corrected chi connectivity index (χ3v) is 2.63. The van der Waals surface area contributed by atoms with Crippen molar-refractivity contribution in [3.05, 3.63) is 21.8 Å². The first kappa shape index (κ1) is 12.5. The standard InChI is InChI=1S/C10H15IN2O2/c1-15-6-8(5-14)13-10-3-2-7(11)4-9(10)12/h2-4,8,13-14H,5-6,12H2,1H3. The minimum atomic E-state index is -0.127. The number of methoxy groups -OCH3 is 1. The normalized spacial score (nSPS) is 12.5. The Labute approximate surface area is 103 Å². The predicted molar refractivity (Wildman–Crippen MR) is 69.9 cm³/mol. The summed E-state index contributed by atoms with van der Waals surface area (Å²) in [6.45, 7) is 0.460. The van der Waals surface area contributed by atoms with Gasteiger partial charge >= 0.3 is 0 Å². The van der Waals surface area contributed by atoms with Gasteiger partial charge in [0.1, 0.15) is 0 Å². The minimum Gasteiger partial charge on any atom is -0.397 e. The highest BCUT2D eigenvalue weighted by Gasteiger charge is 2.08. The van der Waals surface area contributed by atoms with E-state index in [2.05, 4.69) is 27.9 Å². The molecule has 1 aromatic rings. The summed E-state index contributed by atoms with van der Waals surface area (Å²) in [4.78, 5) is 0. The maximum Gasteiger partial charge on any atom is 0.0726 e. The van der Waals surface area contributed by atoms with Crippen LogP contribution in [0.3, 0.4) is 0 Å². The average molecular weight is 322 g/mol. The van der Waals surface area contributed by atoms with Gasteiger partial charge in [0, 0.05) is 10.7 Å². The lowest BCUT2D eigenvalue weighted by Crippen LogP contribution is -2.29. The number of aliphatic hydroxyl groups is 1. The molecule has 0 spiro atoms. The number of hydrogen-bond donors (Lipinski definition) is 3. The Morgan fingerprint density at radius 3 is 2.87 bits per heavy atom. The first-order valence-electron chi connectivity index (χ1n) is 4.58. The van der Waals surface area contributed by atoms with Crippen molar-refractivity contribution in [3.8, 4) is 0 Å². The molecule has 4 nitrogen and oxygen atoms in total. The summed E-state index contributed by atoms with van der Waals surface area (Å²) in [6.07, 6.45) is 0. The van der Waals surface area contributed by atoms with Gasteiger partial charge in [0.05, 0.1) is 30.6 Å². The predicted octanol–water partition coefficient (Wildman–Crippen LogP) is 1.29. The van der Waals surface area contributed by atoms with Crippen LogP contribution < -0.4 is 11.1 Å². The van der Waals surface area contributed by atoms with E-state index < -0.39 is 0 Å². The molecule has 0 amide bonds. The van der Waals surface area contributed by atoms with Crippen LogP contribution in [0.15, 0.2) is 18.2 Å². The van der Waals surface area contributed by atoms with Crippen molar-refractivity contribution >= 4 is 34.0 Å². The fourth-order valence-electron chi connectivity index (χ4n) is 1.23. The second-order valence-electron chi connectivity index (χ2n) is 3.21. The number of hydrogen-bond acceptors (Lipinski definition) is 4. The fourth-order valence-corrected chi connectivity index (χ4v) is 1.74. The van der Waals surface area contributed by atoms with Crippen LogP contribution in [0.1, 0.15) is 0 Å². The monoisotopic (exact) mass is 322 g/mol. The molecule has 0 aliphatic rings. The number of rotatable bonds is 5. The molecule has 0 saturated heterocycles. The first-order chi connectivity index (χ1) is 7.17. The Kier molecular flexibility index (Phi) is 5.13. The van der Waals surface area contributed by atoms with Gasteiger partial charge < -0.3 is 20.9 Å². The van der Waals surface area contributed by atoms with Gasteiger partial charge in [-0.1, -0.05) is 0 Å². The number of nitrogens with two attached hydrogens (primary N) is 1. The van der Waals surface area contributed by atoms with Crippen molar-refractivity contribution in [2.45, 2.75) is 6.04 Å². The van der Waals surface area contributed by atoms with E-state index >= 15 is 0 Å². The largest absolute Gasteiger partial charge is 0.397 e. The molecule has 15 heavy (non-hydrogen) atoms. The molecule has 0 aromatic heterocycles. The summed E-state index contributed by atoms with van der Waals surface area (Å²) < 4.78 is 6.05. The first-order valence-corrected chi connectivity index (χ1v) is 5.66. The smallest absolute Gasteiger partial charge is 0.0726 e. The third kappa shape index (κ3) is 3.84. The minimum absolute atomic E-state index is 0.0132. The summed E-state index contributed by atoms with van der Waals surface area (Å²) in [6, 6.07) is 5.61. The number of anilines is 2. The van der Waals surface area contributed by atoms with Crippen LogP contribution in [0.5, 0.6) is 0 Å². The molecule has 5 heteroatoms. The van der Waals surface area contributed by atoms with Crippen molar-refractivity contribution in [1.82, 2.24) is 0 Å². The zero-order valence-corrected chi connectivity index (χ0v) is 10.7. The summed E-state index contributed by atoms with van der Waals surface area (Å²) >= 11 is 2.20. The maximum absolute atomic E-state index is 9.08. The van der Waals surface area contributed by atoms with Crippen LogP contribution in [0.2, 0.25) is 0 Å². The molecule has 0 aliphatic carbocycles. The van der Waals surface area contributed by atoms with Crippen LogP contribution in [-0.4, -0.2) is 31.5 Å². The van der Waals surface area contributed by atoms with Crippen LogP contribution in [0.25, 0.3) is 0 Å². The summed E-state index contributed by atoms with van der Waals surface area (Å²) in [5.41, 5.74) is 7.33. The molecule has 0 saturated carbocycles. The van der Waals surface area contributed by atoms with Gasteiger partial charge in [0.25, 0.3) is 0 Å². The number of benzene rings is 1. The lowest BCUT2D eigenvalue weighted by Gasteiger charge is -2.18. The highest BCUT2D eigenvalue weighted by molar-refractivity contribution is 14.1. The van der Waals surface area contributed by atoms with Crippen molar-refractivity contribution in [2.75, 3.05) is 31.4 Å². The average Bonchev–Trinajstić information content (AvgIpc) is 2.21. The van der Waals surface area contributed by atoms with Gasteiger partial charge in [-0.15, -0.1) is 0 Å². The van der Waals surface area contributed by atoms with E-state index in [0.29, 0.717) is 12.3 Å². The quantitative estimate of drug-likeness (QED) is 0.565. The lowest BCUT2D eigenvalue weighted by molar-refractivity contribution is 0.153. The molecule has 0 bridgehead atoms. The topological polar surface area (TPSA) is 67.5 Å². The molecule has 1 atom stereocenters. The molecule has 4 N–H and O–H groups in total. The molecule has 0 fully saturated rings. The molecule has 1 unspecified atom stereocenters. The Morgan fingerprint density at radius 2 is 2.33 bits per heavy atom. The molecule has 84 valence electrons. The van der Waals surface area contributed by atoms with Gasteiger partial charge in [-0.3, -0.25) is 0 Å². The van der Waals surface area contributed by atoms with E-state index in [1.807, 2.05) is 18.2 Å². The second kappa shape index (κ2) is 6.14. The number of ether oxygens (including phenoxy) is 1. The van der Waals surface area contributed by atoms with Gasteiger partial charge in [-0.25, -0.2) is 0 Å². The van der Waals surface area contributed by atoms with Crippen molar-refractivity contribution < 1.29 is 9.84 Å². The Bertz CT molecular complexity index is 320. The Morgan fingerprint density at radius 1 is 1.60 bits per heavy atom. The number of halogens is 1. The van der Waals surface area contributed by atoms with Crippen molar-refractivity contribution in [2.24, 2.45) is 0 Å². The van der Waals surface area contributed by atoms with Crippen LogP contribution in [0.4, 0.5) is 11.4 Å². The summed E-state index contributed by atoms with van der Waals surface area (Å²) in [7, 11) is 1.60. The summed E-state index contributed by atoms with van der Waals surface area (Å²) in [5, 5.41) is 12.2. The lowest BCUT2D eigenvalue weighted by atomic mass is 10.2. The van der Waals surface area contributed by atoms with E-state index in [1.54, 1.807) is 7.11 Å². The SMILES string of the molecule is COCC(CO)Nc1ccc(I)cc1N. The highest BCUT2D eigenvalue weighted by Crippen LogP contribution is 2.21. The zero-order chi connectivity index (χ0) is 11.3. The van der Waals surface area contributed by atoms with Crippen LogP contribution >= 0.6 is 22.6 Å². The molecule has 1 aromatic carbocycles. The molecular weight excluding hydrogens is 307 g/mol. The third-order valence-electron chi connectivity index (χ3n) is 1.96. The van der Waals surface area contributed by atoms with Crippen LogP contribution in [0, 0.1) is 3.57 Å². The van der Waals surface area contributed by atoms with E-state index in [9.17, 15) is 0 Å². The Hall–Kier alpha value is -0.530. The number of nitrogens with one attached hydrogen (secondary N) is 1. The van der Waals surface area contributed by atoms with Gasteiger partial charge in [-0.2, -0.15) is 0 Å². The van der Waals surface area contributed by atoms with E-state index in [1.165, 1.54) is 0 Å². The maximum atomic E-state index is 9.08. The van der Waals surface area contributed by atoms with Gasteiger partial charge in [0.15, 0.2) is 0 Å². The highest BCUT2D eigenvalue weighted by atomic mass is 127. The Balaban J connectivity index is 2.70. The molecule has 1 rings (SSSR count). The summed E-state index contributed by atoms with van der Waals surface area (Å²) in [5.74, 6) is 0. The zero-order valence-electron chi connectivity index (χ0n) is 8.53. The molecule has 0 heterocycles. The number of aliphatic hydroxyl groups excluding tert-OH is 1. The van der Waals surface area contributed by atoms with Gasteiger partial charge in [0.2, 0.25) is 0 Å². The van der Waals surface area contributed by atoms with Crippen molar-refractivity contribution in [3.63, 3.8) is 0 Å². The van der Waals surface area contributed by atoms with Gasteiger partial charge in [-0.05, 0) is 40.8 Å². The van der Waals surface area contributed by atoms with E-state index in [0.717, 1.165) is 9.26 Å². The number of nitrogen functional groups attached to an aromatic ring is 1. The molecule has 0 aliphatic heterocycles. The van der Waals surface area contributed by atoms with E-state index in [4.69, 9.17) is 15.6 Å². The van der Waals surface area contributed by atoms with E-state index in [-0.39, 0.29) is 12.6 Å². The fraction of sp³-hybridized carbons (Fsp3) is 0.400. The molecular formula is C10H15IN2O2.